The average Bonchev–Trinajstić information content (AvgIpc) is 2.89. The molecule has 0 aromatic heterocycles. The lowest BCUT2D eigenvalue weighted by atomic mass is 9.83. The molecule has 0 aliphatic heterocycles. The van der Waals surface area contributed by atoms with Crippen LogP contribution in [0, 0.1) is 22.0 Å². The Balaban J connectivity index is 1.87. The fourth-order valence-corrected chi connectivity index (χ4v) is 5.15. The Morgan fingerprint density at radius 3 is 2.35 bits per heavy atom. The number of nitro groups is 1. The first-order valence-corrected chi connectivity index (χ1v) is 7.30. The summed E-state index contributed by atoms with van der Waals surface area (Å²) in [6.07, 6.45) is 4.07. The molecular formula is C13H14INO2. The lowest BCUT2D eigenvalue weighted by Crippen LogP contribution is -2.20. The molecule has 0 unspecified atom stereocenters. The minimum atomic E-state index is -0.327. The van der Waals surface area contributed by atoms with Crippen LogP contribution in [-0.4, -0.2) is 8.85 Å². The van der Waals surface area contributed by atoms with Gasteiger partial charge in [-0.25, -0.2) is 0 Å². The number of rotatable bonds is 2. The lowest BCUT2D eigenvalue weighted by molar-refractivity contribution is -0.384. The van der Waals surface area contributed by atoms with Gasteiger partial charge in [0.1, 0.15) is 0 Å². The molecular weight excluding hydrogens is 329 g/mol. The Morgan fingerprint density at radius 1 is 1.18 bits per heavy atom. The first-order chi connectivity index (χ1) is 8.16. The maximum atomic E-state index is 10.6. The smallest absolute Gasteiger partial charge is 0.258 e. The van der Waals surface area contributed by atoms with Crippen LogP contribution < -0.4 is 0 Å². The summed E-state index contributed by atoms with van der Waals surface area (Å²) >= 11 is 2.58. The van der Waals surface area contributed by atoms with Gasteiger partial charge in [0.25, 0.3) is 5.69 Å². The number of hydrogen-bond donors (Lipinski definition) is 0. The van der Waals surface area contributed by atoms with Gasteiger partial charge >= 0.3 is 0 Å². The van der Waals surface area contributed by atoms with Crippen molar-refractivity contribution in [2.24, 2.45) is 11.8 Å². The molecule has 0 saturated heterocycles. The minimum absolute atomic E-state index is 0.196. The fourth-order valence-electron chi connectivity index (χ4n) is 3.50. The van der Waals surface area contributed by atoms with Gasteiger partial charge in [-0.15, -0.1) is 0 Å². The molecule has 2 bridgehead atoms. The molecule has 1 aromatic rings. The van der Waals surface area contributed by atoms with E-state index in [0.717, 1.165) is 11.8 Å². The molecule has 0 radical (unpaired) electrons. The van der Waals surface area contributed by atoms with Crippen LogP contribution in [0.25, 0.3) is 0 Å². The Bertz CT molecular complexity index is 443. The summed E-state index contributed by atoms with van der Waals surface area (Å²) in [7, 11) is 0. The van der Waals surface area contributed by atoms with Gasteiger partial charge < -0.3 is 0 Å². The molecule has 0 N–H and O–H groups in total. The summed E-state index contributed by atoms with van der Waals surface area (Å²) in [6, 6.07) is 7.19. The zero-order valence-electron chi connectivity index (χ0n) is 9.38. The second-order valence-electron chi connectivity index (χ2n) is 5.15. The third-order valence-corrected chi connectivity index (χ3v) is 6.10. The van der Waals surface area contributed by atoms with E-state index in [1.54, 1.807) is 12.1 Å². The standard InChI is InChI=1S/C13H14INO2/c14-13-10-2-1-9(7-10)12(13)8-3-5-11(6-4-8)15(16)17/h3-6,9-10,12-13H,1-2,7H2/t9-,10+,12+,13-/m0/s1. The highest BCUT2D eigenvalue weighted by atomic mass is 127. The molecule has 2 saturated carbocycles. The van der Waals surface area contributed by atoms with Gasteiger partial charge in [0.05, 0.1) is 4.92 Å². The number of halogens is 1. The number of nitro benzene ring substituents is 1. The monoisotopic (exact) mass is 343 g/mol. The highest BCUT2D eigenvalue weighted by molar-refractivity contribution is 14.1. The van der Waals surface area contributed by atoms with E-state index < -0.39 is 0 Å². The van der Waals surface area contributed by atoms with Gasteiger partial charge in [-0.2, -0.15) is 0 Å². The number of hydrogen-bond acceptors (Lipinski definition) is 2. The predicted octanol–water partition coefficient (Wildman–Crippen LogP) is 3.91. The Morgan fingerprint density at radius 2 is 1.82 bits per heavy atom. The van der Waals surface area contributed by atoms with Crippen LogP contribution >= 0.6 is 22.6 Å². The topological polar surface area (TPSA) is 43.1 Å². The second kappa shape index (κ2) is 4.23. The summed E-state index contributed by atoms with van der Waals surface area (Å²) in [4.78, 5) is 10.3. The number of alkyl halides is 1. The van der Waals surface area contributed by atoms with Crippen LogP contribution in [0.5, 0.6) is 0 Å². The Hall–Kier alpha value is -0.650. The van der Waals surface area contributed by atoms with E-state index in [2.05, 4.69) is 22.6 Å². The SMILES string of the molecule is O=[N+]([O-])c1ccc([C@@H]2[C@H]3CC[C@H](C3)[C@@H]2I)cc1. The van der Waals surface area contributed by atoms with Crippen LogP contribution in [0.1, 0.15) is 30.7 Å². The molecule has 2 aliphatic rings. The van der Waals surface area contributed by atoms with Crippen LogP contribution in [-0.2, 0) is 0 Å². The first-order valence-electron chi connectivity index (χ1n) is 6.05. The van der Waals surface area contributed by atoms with Crippen molar-refractivity contribution in [2.75, 3.05) is 0 Å². The van der Waals surface area contributed by atoms with Crippen molar-refractivity contribution < 1.29 is 4.92 Å². The normalized spacial score (nSPS) is 35.1. The van der Waals surface area contributed by atoms with Crippen LogP contribution in [0.15, 0.2) is 24.3 Å². The molecule has 1 aromatic carbocycles. The number of fused-ring (bicyclic) bond motifs is 2. The summed E-state index contributed by atoms with van der Waals surface area (Å²) in [5, 5.41) is 10.6. The molecule has 4 atom stereocenters. The Kier molecular flexibility index (Phi) is 2.84. The molecule has 4 heteroatoms. The largest absolute Gasteiger partial charge is 0.269 e. The van der Waals surface area contributed by atoms with Crippen LogP contribution in [0.4, 0.5) is 5.69 Å². The molecule has 2 fully saturated rings. The predicted molar refractivity (Wildman–Crippen MR) is 74.5 cm³/mol. The van der Waals surface area contributed by atoms with Crippen LogP contribution in [0.2, 0.25) is 0 Å². The maximum absolute atomic E-state index is 10.6. The van der Waals surface area contributed by atoms with Crippen molar-refractivity contribution in [1.82, 2.24) is 0 Å². The van der Waals surface area contributed by atoms with Crippen LogP contribution in [0.3, 0.4) is 0 Å². The molecule has 0 heterocycles. The van der Waals surface area contributed by atoms with E-state index in [1.807, 2.05) is 12.1 Å². The van der Waals surface area contributed by atoms with Crippen molar-refractivity contribution >= 4 is 28.3 Å². The van der Waals surface area contributed by atoms with Gasteiger partial charge in [-0.3, -0.25) is 10.1 Å². The number of nitrogens with zero attached hydrogens (tertiary/aromatic N) is 1. The zero-order valence-corrected chi connectivity index (χ0v) is 11.5. The summed E-state index contributed by atoms with van der Waals surface area (Å²) in [5.41, 5.74) is 1.49. The third-order valence-electron chi connectivity index (χ3n) is 4.30. The van der Waals surface area contributed by atoms with E-state index in [0.29, 0.717) is 9.84 Å². The maximum Gasteiger partial charge on any atom is 0.269 e. The van der Waals surface area contributed by atoms with E-state index in [-0.39, 0.29) is 10.6 Å². The molecule has 90 valence electrons. The summed E-state index contributed by atoms with van der Waals surface area (Å²) < 4.78 is 0.716. The average molecular weight is 343 g/mol. The van der Waals surface area contributed by atoms with Crippen molar-refractivity contribution in [3.63, 3.8) is 0 Å². The van der Waals surface area contributed by atoms with Crippen molar-refractivity contribution in [2.45, 2.75) is 29.1 Å². The van der Waals surface area contributed by atoms with Crippen molar-refractivity contribution in [1.29, 1.82) is 0 Å². The molecule has 3 rings (SSSR count). The van der Waals surface area contributed by atoms with Gasteiger partial charge in [-0.1, -0.05) is 34.7 Å². The second-order valence-corrected chi connectivity index (χ2v) is 6.59. The number of benzene rings is 1. The van der Waals surface area contributed by atoms with E-state index in [1.165, 1.54) is 24.8 Å². The number of non-ortho nitro benzene ring substituents is 1. The van der Waals surface area contributed by atoms with Gasteiger partial charge in [0.2, 0.25) is 0 Å². The van der Waals surface area contributed by atoms with E-state index in [9.17, 15) is 10.1 Å². The van der Waals surface area contributed by atoms with Gasteiger partial charge in [0, 0.05) is 16.1 Å². The molecule has 0 spiro atoms. The summed E-state index contributed by atoms with van der Waals surface area (Å²) in [6.45, 7) is 0. The Labute approximate surface area is 114 Å². The van der Waals surface area contributed by atoms with Gasteiger partial charge in [-0.05, 0) is 42.6 Å². The van der Waals surface area contributed by atoms with E-state index in [4.69, 9.17) is 0 Å². The third kappa shape index (κ3) is 1.86. The highest BCUT2D eigenvalue weighted by Gasteiger charge is 2.46. The first kappa shape index (κ1) is 11.4. The molecule has 0 amide bonds. The molecule has 17 heavy (non-hydrogen) atoms. The lowest BCUT2D eigenvalue weighted by Gasteiger charge is -2.27. The molecule has 2 aliphatic carbocycles. The highest BCUT2D eigenvalue weighted by Crippen LogP contribution is 2.56. The quantitative estimate of drug-likeness (QED) is 0.354. The zero-order chi connectivity index (χ0) is 12.0. The fraction of sp³-hybridized carbons (Fsp3) is 0.538. The van der Waals surface area contributed by atoms with Crippen molar-refractivity contribution in [3.8, 4) is 0 Å². The van der Waals surface area contributed by atoms with E-state index >= 15 is 0 Å². The summed E-state index contributed by atoms with van der Waals surface area (Å²) in [5.74, 6) is 2.30. The minimum Gasteiger partial charge on any atom is -0.258 e. The molecule has 3 nitrogen and oxygen atoms in total. The van der Waals surface area contributed by atoms with Crippen molar-refractivity contribution in [3.05, 3.63) is 39.9 Å². The van der Waals surface area contributed by atoms with Gasteiger partial charge in [0.15, 0.2) is 0 Å².